The van der Waals surface area contributed by atoms with Crippen LogP contribution in [0.1, 0.15) is 18.9 Å². The minimum absolute atomic E-state index is 0.185. The van der Waals surface area contributed by atoms with Gasteiger partial charge >= 0.3 is 5.97 Å². The van der Waals surface area contributed by atoms with E-state index in [1.807, 2.05) is 31.2 Å². The Kier molecular flexibility index (Phi) is 5.26. The number of fused-ring (bicyclic) bond motifs is 1. The smallest absolute Gasteiger partial charge is 0.306 e. The van der Waals surface area contributed by atoms with Crippen LogP contribution in [0.5, 0.6) is 0 Å². The zero-order valence-electron chi connectivity index (χ0n) is 11.4. The molecule has 106 valence electrons. The Morgan fingerprint density at radius 2 is 2.20 bits per heavy atom. The van der Waals surface area contributed by atoms with Gasteiger partial charge in [-0.2, -0.15) is 11.8 Å². The molecule has 2 rings (SSSR count). The van der Waals surface area contributed by atoms with Crippen molar-refractivity contribution >= 4 is 40.2 Å². The highest BCUT2D eigenvalue weighted by atomic mass is 35.5. The Morgan fingerprint density at radius 3 is 2.95 bits per heavy atom. The first-order valence-electron chi connectivity index (χ1n) is 6.32. The number of hydrogen-bond acceptors (Lipinski definition) is 4. The van der Waals surface area contributed by atoms with Crippen molar-refractivity contribution in [2.24, 2.45) is 0 Å². The van der Waals surface area contributed by atoms with Crippen molar-refractivity contribution in [2.75, 3.05) is 7.11 Å². The zero-order chi connectivity index (χ0) is 14.5. The van der Waals surface area contributed by atoms with Gasteiger partial charge in [0.25, 0.3) is 0 Å². The molecule has 0 aliphatic rings. The third-order valence-electron chi connectivity index (χ3n) is 2.96. The SMILES string of the molecule is COC(=O)CC(C)SCc1cc2ccccc2nc1Cl. The van der Waals surface area contributed by atoms with Gasteiger partial charge < -0.3 is 4.74 Å². The van der Waals surface area contributed by atoms with Gasteiger partial charge in [0, 0.05) is 22.0 Å². The van der Waals surface area contributed by atoms with Crippen molar-refractivity contribution in [3.63, 3.8) is 0 Å². The second-order valence-corrected chi connectivity index (χ2v) is 6.32. The number of aromatic nitrogens is 1. The van der Waals surface area contributed by atoms with E-state index in [-0.39, 0.29) is 11.2 Å². The molecule has 2 aromatic rings. The van der Waals surface area contributed by atoms with Crippen LogP contribution in [0.2, 0.25) is 5.15 Å². The molecule has 3 nitrogen and oxygen atoms in total. The first-order chi connectivity index (χ1) is 9.60. The lowest BCUT2D eigenvalue weighted by Crippen LogP contribution is -2.08. The highest BCUT2D eigenvalue weighted by molar-refractivity contribution is 7.99. The van der Waals surface area contributed by atoms with Gasteiger partial charge in [-0.3, -0.25) is 4.79 Å². The number of hydrogen-bond donors (Lipinski definition) is 0. The first-order valence-corrected chi connectivity index (χ1v) is 7.75. The molecule has 0 bridgehead atoms. The van der Waals surface area contributed by atoms with Crippen molar-refractivity contribution in [1.82, 2.24) is 4.98 Å². The number of halogens is 1. The number of ether oxygens (including phenoxy) is 1. The molecule has 0 fully saturated rings. The molecule has 0 saturated carbocycles. The van der Waals surface area contributed by atoms with Crippen LogP contribution in [0.15, 0.2) is 30.3 Å². The molecule has 1 aromatic heterocycles. The normalized spacial score (nSPS) is 12.3. The average Bonchev–Trinajstić information content (AvgIpc) is 2.44. The largest absolute Gasteiger partial charge is 0.469 e. The average molecular weight is 310 g/mol. The molecule has 0 spiro atoms. The van der Waals surface area contributed by atoms with Crippen LogP contribution in [0.25, 0.3) is 10.9 Å². The summed E-state index contributed by atoms with van der Waals surface area (Å²) in [6.07, 6.45) is 0.403. The van der Waals surface area contributed by atoms with E-state index in [1.54, 1.807) is 11.8 Å². The zero-order valence-corrected chi connectivity index (χ0v) is 13.0. The number of carbonyl (C=O) groups excluding carboxylic acids is 1. The summed E-state index contributed by atoms with van der Waals surface area (Å²) in [5.74, 6) is 0.544. The number of esters is 1. The van der Waals surface area contributed by atoms with Crippen molar-refractivity contribution < 1.29 is 9.53 Å². The van der Waals surface area contributed by atoms with Crippen molar-refractivity contribution in [2.45, 2.75) is 24.3 Å². The number of carbonyl (C=O) groups is 1. The summed E-state index contributed by atoms with van der Waals surface area (Å²) in [5, 5.41) is 1.79. The molecule has 0 radical (unpaired) electrons. The molecule has 0 N–H and O–H groups in total. The van der Waals surface area contributed by atoms with E-state index in [1.165, 1.54) is 7.11 Å². The van der Waals surface area contributed by atoms with Gasteiger partial charge in [0.1, 0.15) is 5.15 Å². The quantitative estimate of drug-likeness (QED) is 0.616. The molecule has 0 amide bonds. The third-order valence-corrected chi connectivity index (χ3v) is 4.50. The molecule has 1 heterocycles. The van der Waals surface area contributed by atoms with Gasteiger partial charge in [0.2, 0.25) is 0 Å². The molecular formula is C15H16ClNO2S. The lowest BCUT2D eigenvalue weighted by molar-refractivity contribution is -0.140. The fourth-order valence-corrected chi connectivity index (χ4v) is 3.08. The maximum atomic E-state index is 11.2. The van der Waals surface area contributed by atoms with Crippen LogP contribution in [0, 0.1) is 0 Å². The summed E-state index contributed by atoms with van der Waals surface area (Å²) in [5.41, 5.74) is 1.89. The van der Waals surface area contributed by atoms with Gasteiger partial charge in [-0.15, -0.1) is 0 Å². The molecule has 1 atom stereocenters. The van der Waals surface area contributed by atoms with E-state index in [0.29, 0.717) is 11.6 Å². The van der Waals surface area contributed by atoms with Crippen molar-refractivity contribution in [3.05, 3.63) is 41.0 Å². The third kappa shape index (κ3) is 3.87. The minimum Gasteiger partial charge on any atom is -0.469 e. The molecule has 1 unspecified atom stereocenters. The number of benzene rings is 1. The first kappa shape index (κ1) is 15.1. The standard InChI is InChI=1S/C15H16ClNO2S/c1-10(7-14(18)19-2)20-9-12-8-11-5-3-4-6-13(11)17-15(12)16/h3-6,8,10H,7,9H2,1-2H3. The Bertz CT molecular complexity index is 618. The van der Waals surface area contributed by atoms with Gasteiger partial charge in [-0.05, 0) is 12.1 Å². The van der Waals surface area contributed by atoms with E-state index >= 15 is 0 Å². The summed E-state index contributed by atoms with van der Waals surface area (Å²) >= 11 is 7.87. The number of pyridine rings is 1. The molecule has 5 heteroatoms. The Balaban J connectivity index is 2.06. The van der Waals surface area contributed by atoms with Gasteiger partial charge in [0.15, 0.2) is 0 Å². The molecule has 1 aromatic carbocycles. The molecule has 20 heavy (non-hydrogen) atoms. The van der Waals surface area contributed by atoms with Gasteiger partial charge in [0.05, 0.1) is 19.0 Å². The van der Waals surface area contributed by atoms with Crippen molar-refractivity contribution in [3.8, 4) is 0 Å². The lowest BCUT2D eigenvalue weighted by Gasteiger charge is -2.11. The Hall–Kier alpha value is -1.26. The molecule has 0 saturated heterocycles. The van der Waals surface area contributed by atoms with Crippen LogP contribution in [-0.2, 0) is 15.3 Å². The van der Waals surface area contributed by atoms with Gasteiger partial charge in [-0.1, -0.05) is 36.7 Å². The fraction of sp³-hybridized carbons (Fsp3) is 0.333. The Labute approximate surface area is 127 Å². The summed E-state index contributed by atoms with van der Waals surface area (Å²) in [6, 6.07) is 9.94. The van der Waals surface area contributed by atoms with Crippen LogP contribution >= 0.6 is 23.4 Å². The number of methoxy groups -OCH3 is 1. The minimum atomic E-state index is -0.187. The second kappa shape index (κ2) is 6.95. The van der Waals surface area contributed by atoms with Gasteiger partial charge in [-0.25, -0.2) is 4.98 Å². The number of rotatable bonds is 5. The second-order valence-electron chi connectivity index (χ2n) is 4.53. The van der Waals surface area contributed by atoms with Crippen molar-refractivity contribution in [1.29, 1.82) is 0 Å². The van der Waals surface area contributed by atoms with Crippen LogP contribution in [-0.4, -0.2) is 23.3 Å². The highest BCUT2D eigenvalue weighted by Crippen LogP contribution is 2.27. The predicted molar refractivity (Wildman–Crippen MR) is 84.1 cm³/mol. The number of nitrogens with zero attached hydrogens (tertiary/aromatic N) is 1. The lowest BCUT2D eigenvalue weighted by atomic mass is 10.2. The summed E-state index contributed by atoms with van der Waals surface area (Å²) in [4.78, 5) is 15.6. The summed E-state index contributed by atoms with van der Waals surface area (Å²) < 4.78 is 4.66. The topological polar surface area (TPSA) is 39.2 Å². The summed E-state index contributed by atoms with van der Waals surface area (Å²) in [6.45, 7) is 2.00. The Morgan fingerprint density at radius 1 is 1.45 bits per heavy atom. The van der Waals surface area contributed by atoms with E-state index in [0.717, 1.165) is 22.2 Å². The van der Waals surface area contributed by atoms with E-state index < -0.39 is 0 Å². The highest BCUT2D eigenvalue weighted by Gasteiger charge is 2.11. The number of para-hydroxylation sites is 1. The maximum Gasteiger partial charge on any atom is 0.306 e. The maximum absolute atomic E-state index is 11.2. The fourth-order valence-electron chi connectivity index (χ4n) is 1.85. The van der Waals surface area contributed by atoms with Crippen LogP contribution in [0.3, 0.4) is 0 Å². The van der Waals surface area contributed by atoms with Crippen LogP contribution < -0.4 is 0 Å². The number of thioether (sulfide) groups is 1. The molecule has 0 aliphatic heterocycles. The van der Waals surface area contributed by atoms with E-state index in [9.17, 15) is 4.79 Å². The predicted octanol–water partition coefficient (Wildman–Crippen LogP) is 4.07. The molecule has 0 aliphatic carbocycles. The molecular weight excluding hydrogens is 294 g/mol. The van der Waals surface area contributed by atoms with E-state index in [2.05, 4.69) is 15.8 Å². The monoisotopic (exact) mass is 309 g/mol. The van der Waals surface area contributed by atoms with E-state index in [4.69, 9.17) is 11.6 Å². The summed E-state index contributed by atoms with van der Waals surface area (Å²) in [7, 11) is 1.41. The van der Waals surface area contributed by atoms with Crippen LogP contribution in [0.4, 0.5) is 0 Å².